The van der Waals surface area contributed by atoms with E-state index in [-0.39, 0.29) is 0 Å². The largest absolute Gasteiger partial charge is 0.445 e. The summed E-state index contributed by atoms with van der Waals surface area (Å²) in [5.41, 5.74) is 7.47. The number of oxazole rings is 1. The third-order valence-electron chi connectivity index (χ3n) is 2.41. The van der Waals surface area contributed by atoms with E-state index in [9.17, 15) is 0 Å². The molecule has 1 aromatic heterocycles. The molecule has 1 aromatic carbocycles. The van der Waals surface area contributed by atoms with Crippen LogP contribution in [0.4, 0.5) is 5.69 Å². The Morgan fingerprint density at radius 3 is 2.76 bits per heavy atom. The summed E-state index contributed by atoms with van der Waals surface area (Å²) in [5, 5.41) is 0.662. The van der Waals surface area contributed by atoms with Crippen LogP contribution in [0.25, 0.3) is 0 Å². The van der Waals surface area contributed by atoms with Crippen LogP contribution in [-0.4, -0.2) is 4.98 Å². The maximum absolute atomic E-state index is 6.08. The second kappa shape index (κ2) is 5.02. The highest BCUT2D eigenvalue weighted by Gasteiger charge is 2.09. The van der Waals surface area contributed by atoms with Crippen LogP contribution in [0, 0.1) is 13.8 Å². The summed E-state index contributed by atoms with van der Waals surface area (Å²) in [4.78, 5) is 5.19. The molecule has 0 aliphatic carbocycles. The summed E-state index contributed by atoms with van der Waals surface area (Å²) in [6.07, 6.45) is 0. The molecule has 0 unspecified atom stereocenters. The number of hydrogen-bond acceptors (Lipinski definition) is 4. The summed E-state index contributed by atoms with van der Waals surface area (Å²) in [6, 6.07) is 5.49. The molecule has 5 heteroatoms. The van der Waals surface area contributed by atoms with E-state index in [4.69, 9.17) is 21.8 Å². The van der Waals surface area contributed by atoms with Gasteiger partial charge in [0, 0.05) is 10.6 Å². The highest BCUT2D eigenvalue weighted by atomic mass is 35.5. The van der Waals surface area contributed by atoms with Crippen molar-refractivity contribution in [3.05, 3.63) is 40.6 Å². The van der Waals surface area contributed by atoms with Crippen LogP contribution in [0.3, 0.4) is 0 Å². The maximum Gasteiger partial charge on any atom is 0.204 e. The Morgan fingerprint density at radius 1 is 1.41 bits per heavy atom. The van der Waals surface area contributed by atoms with Crippen LogP contribution < -0.4 is 5.73 Å². The lowest BCUT2D eigenvalue weighted by atomic mass is 10.3. The summed E-state index contributed by atoms with van der Waals surface area (Å²) in [5.74, 6) is 2.18. The lowest BCUT2D eigenvalue weighted by Crippen LogP contribution is -1.89. The van der Waals surface area contributed by atoms with E-state index in [1.807, 2.05) is 32.0 Å². The van der Waals surface area contributed by atoms with Gasteiger partial charge in [0.05, 0.1) is 16.5 Å². The Kier molecular flexibility index (Phi) is 3.64. The molecule has 0 aliphatic rings. The van der Waals surface area contributed by atoms with Crippen LogP contribution in [0.2, 0.25) is 5.02 Å². The van der Waals surface area contributed by atoms with Gasteiger partial charge < -0.3 is 10.2 Å². The van der Waals surface area contributed by atoms with Crippen molar-refractivity contribution in [2.24, 2.45) is 0 Å². The first-order chi connectivity index (χ1) is 8.08. The van der Waals surface area contributed by atoms with Crippen LogP contribution in [-0.2, 0) is 5.75 Å². The molecular formula is C12H13ClN2OS. The maximum atomic E-state index is 6.08. The van der Waals surface area contributed by atoms with Crippen LogP contribution in [0.15, 0.2) is 27.5 Å². The molecule has 2 N–H and O–H groups in total. The average Bonchev–Trinajstić information content (AvgIpc) is 2.58. The topological polar surface area (TPSA) is 52.0 Å². The first-order valence-electron chi connectivity index (χ1n) is 5.17. The molecule has 0 saturated carbocycles. The number of rotatable bonds is 3. The number of hydrogen-bond donors (Lipinski definition) is 1. The lowest BCUT2D eigenvalue weighted by Gasteiger charge is -2.05. The highest BCUT2D eigenvalue weighted by Crippen LogP contribution is 2.34. The second-order valence-corrected chi connectivity index (χ2v) is 5.09. The molecule has 0 aliphatic heterocycles. The third kappa shape index (κ3) is 2.76. The van der Waals surface area contributed by atoms with E-state index in [0.29, 0.717) is 22.4 Å². The van der Waals surface area contributed by atoms with Gasteiger partial charge in [0.1, 0.15) is 5.76 Å². The minimum absolute atomic E-state index is 0.628. The fraction of sp³-hybridized carbons (Fsp3) is 0.250. The molecule has 0 atom stereocenters. The summed E-state index contributed by atoms with van der Waals surface area (Å²) < 4.78 is 5.50. The molecule has 0 bridgehead atoms. The number of nitrogens with zero attached hydrogens (tertiary/aromatic N) is 1. The molecule has 1 heterocycles. The molecule has 0 fully saturated rings. The number of halogens is 1. The molecule has 90 valence electrons. The average molecular weight is 269 g/mol. The number of nitrogens with two attached hydrogens (primary N) is 1. The molecule has 0 saturated heterocycles. The van der Waals surface area contributed by atoms with E-state index < -0.39 is 0 Å². The van der Waals surface area contributed by atoms with Crippen molar-refractivity contribution in [2.75, 3.05) is 5.73 Å². The number of thioether (sulfide) groups is 1. The van der Waals surface area contributed by atoms with Crippen molar-refractivity contribution in [3.63, 3.8) is 0 Å². The standard InChI is InChI=1S/C12H13ClN2OS/c1-7-8(2)16-11(15-7)6-17-12-9(13)4-3-5-10(12)14/h3-5H,6,14H2,1-2H3. The number of benzene rings is 1. The number of anilines is 1. The summed E-state index contributed by atoms with van der Waals surface area (Å²) >= 11 is 7.62. The predicted molar refractivity (Wildman–Crippen MR) is 71.4 cm³/mol. The summed E-state index contributed by atoms with van der Waals surface area (Å²) in [6.45, 7) is 3.83. The van der Waals surface area contributed by atoms with Crippen molar-refractivity contribution in [1.82, 2.24) is 4.98 Å². The van der Waals surface area contributed by atoms with Crippen LogP contribution in [0.5, 0.6) is 0 Å². The first kappa shape index (κ1) is 12.3. The van der Waals surface area contributed by atoms with Gasteiger partial charge in [-0.05, 0) is 26.0 Å². The zero-order valence-electron chi connectivity index (χ0n) is 9.66. The Morgan fingerprint density at radius 2 is 2.18 bits per heavy atom. The van der Waals surface area contributed by atoms with Crippen molar-refractivity contribution >= 4 is 29.1 Å². The fourth-order valence-electron chi connectivity index (χ4n) is 1.41. The van der Waals surface area contributed by atoms with E-state index in [0.717, 1.165) is 16.3 Å². The minimum atomic E-state index is 0.628. The van der Waals surface area contributed by atoms with Gasteiger partial charge in [-0.1, -0.05) is 17.7 Å². The van der Waals surface area contributed by atoms with Gasteiger partial charge in [0.15, 0.2) is 0 Å². The monoisotopic (exact) mass is 268 g/mol. The minimum Gasteiger partial charge on any atom is -0.445 e. The molecule has 3 nitrogen and oxygen atoms in total. The summed E-state index contributed by atoms with van der Waals surface area (Å²) in [7, 11) is 0. The van der Waals surface area contributed by atoms with Gasteiger partial charge in [-0.3, -0.25) is 0 Å². The molecule has 2 aromatic rings. The zero-order valence-corrected chi connectivity index (χ0v) is 11.2. The van der Waals surface area contributed by atoms with Gasteiger partial charge in [-0.25, -0.2) is 4.98 Å². The van der Waals surface area contributed by atoms with E-state index in [1.54, 1.807) is 0 Å². The van der Waals surface area contributed by atoms with Gasteiger partial charge >= 0.3 is 0 Å². The van der Waals surface area contributed by atoms with Crippen LogP contribution >= 0.6 is 23.4 Å². The zero-order chi connectivity index (χ0) is 12.4. The van der Waals surface area contributed by atoms with Gasteiger partial charge in [-0.2, -0.15) is 0 Å². The number of nitrogen functional groups attached to an aromatic ring is 1. The quantitative estimate of drug-likeness (QED) is 0.679. The lowest BCUT2D eigenvalue weighted by molar-refractivity contribution is 0.489. The molecular weight excluding hydrogens is 256 g/mol. The van der Waals surface area contributed by atoms with E-state index >= 15 is 0 Å². The van der Waals surface area contributed by atoms with Crippen molar-refractivity contribution in [2.45, 2.75) is 24.5 Å². The molecule has 17 heavy (non-hydrogen) atoms. The Labute approximate surface area is 109 Å². The van der Waals surface area contributed by atoms with E-state index in [1.165, 1.54) is 11.8 Å². The molecule has 0 radical (unpaired) electrons. The van der Waals surface area contributed by atoms with Crippen molar-refractivity contribution in [3.8, 4) is 0 Å². The van der Waals surface area contributed by atoms with E-state index in [2.05, 4.69) is 4.98 Å². The smallest absolute Gasteiger partial charge is 0.204 e. The van der Waals surface area contributed by atoms with Gasteiger partial charge in [-0.15, -0.1) is 11.8 Å². The normalized spacial score (nSPS) is 10.8. The fourth-order valence-corrected chi connectivity index (χ4v) is 2.59. The Bertz CT molecular complexity index is 500. The number of aromatic nitrogens is 1. The van der Waals surface area contributed by atoms with Crippen LogP contribution in [0.1, 0.15) is 17.3 Å². The SMILES string of the molecule is Cc1nc(CSc2c(N)cccc2Cl)oc1C. The second-order valence-electron chi connectivity index (χ2n) is 3.70. The van der Waals surface area contributed by atoms with Crippen molar-refractivity contribution in [1.29, 1.82) is 0 Å². The number of aryl methyl sites for hydroxylation is 2. The Balaban J connectivity index is 2.12. The highest BCUT2D eigenvalue weighted by molar-refractivity contribution is 7.98. The Hall–Kier alpha value is -1.13. The predicted octanol–water partition coefficient (Wildman–Crippen LogP) is 3.82. The van der Waals surface area contributed by atoms with Crippen molar-refractivity contribution < 1.29 is 4.42 Å². The third-order valence-corrected chi connectivity index (χ3v) is 3.97. The van der Waals surface area contributed by atoms with Gasteiger partial charge in [0.25, 0.3) is 0 Å². The first-order valence-corrected chi connectivity index (χ1v) is 6.54. The van der Waals surface area contributed by atoms with Gasteiger partial charge in [0.2, 0.25) is 5.89 Å². The molecule has 2 rings (SSSR count). The molecule has 0 amide bonds. The molecule has 0 spiro atoms.